The first-order valence-electron chi connectivity index (χ1n) is 12.6. The van der Waals surface area contributed by atoms with Gasteiger partial charge in [0.25, 0.3) is 0 Å². The molecule has 1 aliphatic heterocycles. The molecule has 1 N–H and O–H groups in total. The first kappa shape index (κ1) is 21.2. The van der Waals surface area contributed by atoms with Gasteiger partial charge >= 0.3 is 0 Å². The lowest BCUT2D eigenvalue weighted by Crippen LogP contribution is -2.58. The maximum absolute atomic E-state index is 6.10. The highest BCUT2D eigenvalue weighted by atomic mass is 16.5. The average molecular weight is 413 g/mol. The van der Waals surface area contributed by atoms with Crippen LogP contribution in [0.1, 0.15) is 72.6 Å². The molecule has 1 unspecified atom stereocenters. The van der Waals surface area contributed by atoms with E-state index < -0.39 is 0 Å². The number of ether oxygens (including phenoxy) is 1. The van der Waals surface area contributed by atoms with Gasteiger partial charge in [0.05, 0.1) is 13.3 Å². The molecule has 1 saturated heterocycles. The van der Waals surface area contributed by atoms with Crippen molar-refractivity contribution in [3.8, 4) is 0 Å². The first-order chi connectivity index (χ1) is 14.2. The predicted molar refractivity (Wildman–Crippen MR) is 124 cm³/mol. The van der Waals surface area contributed by atoms with Crippen LogP contribution in [-0.4, -0.2) is 44.4 Å². The van der Waals surface area contributed by atoms with Gasteiger partial charge in [-0.05, 0) is 100 Å². The zero-order valence-corrected chi connectivity index (χ0v) is 20.3. The second-order valence-corrected chi connectivity index (χ2v) is 12.2. The Morgan fingerprint density at radius 2 is 1.87 bits per heavy atom. The van der Waals surface area contributed by atoms with Crippen molar-refractivity contribution in [3.63, 3.8) is 0 Å². The summed E-state index contributed by atoms with van der Waals surface area (Å²) < 4.78 is 6.10. The lowest BCUT2D eigenvalue weighted by molar-refractivity contribution is -0.143. The van der Waals surface area contributed by atoms with Gasteiger partial charge in [0.15, 0.2) is 0 Å². The molecule has 30 heavy (non-hydrogen) atoms. The molecule has 4 aliphatic carbocycles. The Morgan fingerprint density at radius 3 is 2.63 bits per heavy atom. The van der Waals surface area contributed by atoms with Gasteiger partial charge in [-0.2, -0.15) is 0 Å². The van der Waals surface area contributed by atoms with Gasteiger partial charge in [-0.1, -0.05) is 38.5 Å². The number of hydrogen-bond acceptors (Lipinski definition) is 3. The summed E-state index contributed by atoms with van der Waals surface area (Å²) in [7, 11) is 4.42. The minimum absolute atomic E-state index is 0.272. The highest BCUT2D eigenvalue weighted by Gasteiger charge is 2.61. The number of fused-ring (bicyclic) bond motifs is 6. The van der Waals surface area contributed by atoms with E-state index in [2.05, 4.69) is 64.2 Å². The van der Waals surface area contributed by atoms with Crippen LogP contribution in [0.4, 0.5) is 0 Å². The van der Waals surface area contributed by atoms with Crippen molar-refractivity contribution in [2.75, 3.05) is 27.4 Å². The standard InChI is InChI=1S/C27H44N2O/c1-18(28-5)21-12-14-27(4)23-9-8-22-19(15-20(23)11-13-26(21,27)3)7-10-24-25(22,2)16-30-17-29(24)6/h11,15,18,21-24,28H,7-10,12-14,16-17H2,1-6H3/t18-,21+,22+,23+,24?,25+,26+,27-/m0/s1. The fourth-order valence-electron chi connectivity index (χ4n) is 9.05. The van der Waals surface area contributed by atoms with Crippen LogP contribution in [0.25, 0.3) is 0 Å². The van der Waals surface area contributed by atoms with Crippen LogP contribution in [0.3, 0.4) is 0 Å². The molecule has 5 rings (SSSR count). The molecule has 0 aromatic carbocycles. The summed E-state index contributed by atoms with van der Waals surface area (Å²) in [6.45, 7) is 12.0. The SMILES string of the molecule is CN[C@@H](C)[C@H]1CC[C@@]2(C)[C@@H]3CC[C@@H]4C(=CC3=CC[C@]12C)CCC1N(C)COC[C@@]14C. The molecule has 8 atom stereocenters. The molecule has 3 nitrogen and oxygen atoms in total. The van der Waals surface area contributed by atoms with E-state index in [9.17, 15) is 0 Å². The number of nitrogens with zero attached hydrogens (tertiary/aromatic N) is 1. The smallest absolute Gasteiger partial charge is 0.0990 e. The summed E-state index contributed by atoms with van der Waals surface area (Å²) in [6, 6.07) is 1.28. The summed E-state index contributed by atoms with van der Waals surface area (Å²) in [5, 5.41) is 3.60. The zero-order valence-electron chi connectivity index (χ0n) is 20.3. The molecular formula is C27H44N2O. The van der Waals surface area contributed by atoms with Crippen LogP contribution in [-0.2, 0) is 4.74 Å². The fourth-order valence-corrected chi connectivity index (χ4v) is 9.05. The summed E-state index contributed by atoms with van der Waals surface area (Å²) in [5.41, 5.74) is 4.55. The molecule has 0 aromatic heterocycles. The first-order valence-corrected chi connectivity index (χ1v) is 12.6. The molecule has 0 amide bonds. The Balaban J connectivity index is 1.48. The Morgan fingerprint density at radius 1 is 1.10 bits per heavy atom. The van der Waals surface area contributed by atoms with E-state index in [1.165, 1.54) is 44.9 Å². The lowest BCUT2D eigenvalue weighted by atomic mass is 9.51. The van der Waals surface area contributed by atoms with Crippen molar-refractivity contribution in [2.45, 2.75) is 84.7 Å². The number of nitrogens with one attached hydrogen (secondary N) is 1. The third-order valence-electron chi connectivity index (χ3n) is 11.1. The minimum atomic E-state index is 0.272. The van der Waals surface area contributed by atoms with Crippen LogP contribution >= 0.6 is 0 Å². The highest BCUT2D eigenvalue weighted by Crippen LogP contribution is 2.68. The predicted octanol–water partition coefficient (Wildman–Crippen LogP) is 5.39. The topological polar surface area (TPSA) is 24.5 Å². The molecule has 5 aliphatic rings. The van der Waals surface area contributed by atoms with Gasteiger partial charge in [-0.25, -0.2) is 0 Å². The zero-order chi connectivity index (χ0) is 21.3. The number of allylic oxidation sites excluding steroid dienone is 4. The maximum atomic E-state index is 6.10. The Labute approximate surface area is 184 Å². The van der Waals surface area contributed by atoms with E-state index in [1.807, 2.05) is 0 Å². The van der Waals surface area contributed by atoms with Gasteiger partial charge in [-0.3, -0.25) is 4.90 Å². The molecule has 0 bridgehead atoms. The summed E-state index contributed by atoms with van der Waals surface area (Å²) >= 11 is 0. The molecule has 0 aromatic rings. The molecule has 3 fully saturated rings. The minimum Gasteiger partial charge on any atom is -0.365 e. The van der Waals surface area contributed by atoms with E-state index in [-0.39, 0.29) is 5.41 Å². The van der Waals surface area contributed by atoms with Gasteiger partial charge < -0.3 is 10.1 Å². The van der Waals surface area contributed by atoms with Crippen LogP contribution in [0.5, 0.6) is 0 Å². The normalized spacial score (nSPS) is 49.7. The van der Waals surface area contributed by atoms with Gasteiger partial charge in [0.2, 0.25) is 0 Å². The van der Waals surface area contributed by atoms with Crippen molar-refractivity contribution in [1.82, 2.24) is 10.2 Å². The van der Waals surface area contributed by atoms with E-state index in [0.29, 0.717) is 28.8 Å². The molecule has 168 valence electrons. The van der Waals surface area contributed by atoms with Crippen molar-refractivity contribution >= 4 is 0 Å². The molecule has 0 radical (unpaired) electrons. The monoisotopic (exact) mass is 412 g/mol. The number of rotatable bonds is 2. The van der Waals surface area contributed by atoms with Gasteiger partial charge in [0.1, 0.15) is 0 Å². The van der Waals surface area contributed by atoms with E-state index >= 15 is 0 Å². The van der Waals surface area contributed by atoms with Crippen molar-refractivity contribution in [3.05, 3.63) is 23.3 Å². The maximum Gasteiger partial charge on any atom is 0.0990 e. The largest absolute Gasteiger partial charge is 0.365 e. The lowest BCUT2D eigenvalue weighted by Gasteiger charge is -2.55. The van der Waals surface area contributed by atoms with Crippen LogP contribution in [0, 0.1) is 34.0 Å². The molecule has 3 heteroatoms. The quantitative estimate of drug-likeness (QED) is 0.658. The Hall–Kier alpha value is -0.640. The van der Waals surface area contributed by atoms with Crippen molar-refractivity contribution < 1.29 is 4.74 Å². The van der Waals surface area contributed by atoms with E-state index in [0.717, 1.165) is 25.2 Å². The average Bonchev–Trinajstić information content (AvgIpc) is 2.87. The van der Waals surface area contributed by atoms with E-state index in [1.54, 1.807) is 11.1 Å². The third-order valence-corrected chi connectivity index (χ3v) is 11.1. The molecule has 2 saturated carbocycles. The molecular weight excluding hydrogens is 368 g/mol. The molecule has 1 heterocycles. The molecule has 0 spiro atoms. The Kier molecular flexibility index (Phi) is 5.08. The highest BCUT2D eigenvalue weighted by molar-refractivity contribution is 5.37. The summed E-state index contributed by atoms with van der Waals surface area (Å²) in [5.74, 6) is 2.20. The summed E-state index contributed by atoms with van der Waals surface area (Å²) in [4.78, 5) is 2.48. The van der Waals surface area contributed by atoms with E-state index in [4.69, 9.17) is 4.74 Å². The number of hydrogen-bond donors (Lipinski definition) is 1. The van der Waals surface area contributed by atoms with Crippen molar-refractivity contribution in [1.29, 1.82) is 0 Å². The second-order valence-electron chi connectivity index (χ2n) is 12.2. The third kappa shape index (κ3) is 2.74. The van der Waals surface area contributed by atoms with Crippen LogP contribution in [0.2, 0.25) is 0 Å². The second kappa shape index (κ2) is 7.18. The Bertz CT molecular complexity index is 758. The van der Waals surface area contributed by atoms with Crippen molar-refractivity contribution in [2.24, 2.45) is 34.0 Å². The van der Waals surface area contributed by atoms with Crippen LogP contribution in [0.15, 0.2) is 23.3 Å². The fraction of sp³-hybridized carbons (Fsp3) is 0.852. The van der Waals surface area contributed by atoms with Gasteiger partial charge in [-0.15, -0.1) is 0 Å². The van der Waals surface area contributed by atoms with Gasteiger partial charge in [0, 0.05) is 17.5 Å². The van der Waals surface area contributed by atoms with Crippen LogP contribution < -0.4 is 5.32 Å². The summed E-state index contributed by atoms with van der Waals surface area (Å²) in [6.07, 6.45) is 14.7.